The van der Waals surface area contributed by atoms with Gasteiger partial charge in [-0.1, -0.05) is 48.5 Å². The zero-order valence-corrected chi connectivity index (χ0v) is 22.3. The van der Waals surface area contributed by atoms with Crippen LogP contribution in [-0.4, -0.2) is 40.7 Å². The van der Waals surface area contributed by atoms with E-state index in [-0.39, 0.29) is 11.5 Å². The van der Waals surface area contributed by atoms with Crippen LogP contribution in [0.1, 0.15) is 28.4 Å². The number of nitrogens with zero attached hydrogens (tertiary/aromatic N) is 2. The molecule has 1 N–H and O–H groups in total. The minimum atomic E-state index is -1.000. The van der Waals surface area contributed by atoms with Crippen LogP contribution >= 0.6 is 11.8 Å². The highest BCUT2D eigenvalue weighted by molar-refractivity contribution is 8.18. The average Bonchev–Trinajstić information content (AvgIpc) is 3.25. The number of methoxy groups -OCH3 is 1. The predicted octanol–water partition coefficient (Wildman–Crippen LogP) is 6.75. The van der Waals surface area contributed by atoms with E-state index >= 15 is 0 Å². The first-order valence-electron chi connectivity index (χ1n) is 12.4. The summed E-state index contributed by atoms with van der Waals surface area (Å²) in [5.41, 5.74) is 2.63. The van der Waals surface area contributed by atoms with Gasteiger partial charge in [-0.05, 0) is 83.1 Å². The molecule has 1 amide bonds. The van der Waals surface area contributed by atoms with Gasteiger partial charge < -0.3 is 14.6 Å². The number of amidine groups is 1. The lowest BCUT2D eigenvalue weighted by atomic mass is 10.1. The van der Waals surface area contributed by atoms with E-state index in [1.807, 2.05) is 49.4 Å². The van der Waals surface area contributed by atoms with Gasteiger partial charge in [0.2, 0.25) is 0 Å². The van der Waals surface area contributed by atoms with Gasteiger partial charge in [0.15, 0.2) is 16.7 Å². The van der Waals surface area contributed by atoms with Gasteiger partial charge in [-0.25, -0.2) is 9.79 Å². The highest BCUT2D eigenvalue weighted by Gasteiger charge is 2.32. The van der Waals surface area contributed by atoms with E-state index in [4.69, 9.17) is 14.6 Å². The first-order valence-corrected chi connectivity index (χ1v) is 13.2. The highest BCUT2D eigenvalue weighted by atomic mass is 32.2. The van der Waals surface area contributed by atoms with Crippen LogP contribution in [0.2, 0.25) is 0 Å². The number of thioether (sulfide) groups is 1. The molecule has 0 aliphatic carbocycles. The van der Waals surface area contributed by atoms with Crippen LogP contribution in [0.3, 0.4) is 0 Å². The summed E-state index contributed by atoms with van der Waals surface area (Å²) in [6.45, 7) is 2.74. The number of carbonyl (C=O) groups is 2. The van der Waals surface area contributed by atoms with Gasteiger partial charge in [-0.3, -0.25) is 9.69 Å². The molecule has 196 valence electrons. The zero-order valence-electron chi connectivity index (χ0n) is 21.5. The largest absolute Gasteiger partial charge is 0.493 e. The Balaban J connectivity index is 1.35. The number of hydrogen-bond acceptors (Lipinski definition) is 6. The molecule has 1 heterocycles. The first kappa shape index (κ1) is 26.1. The molecule has 4 aromatic rings. The highest BCUT2D eigenvalue weighted by Crippen LogP contribution is 2.36. The third-order valence-corrected chi connectivity index (χ3v) is 7.30. The fourth-order valence-corrected chi connectivity index (χ4v) is 5.34. The molecular weight excluding hydrogens is 512 g/mol. The second kappa shape index (κ2) is 11.4. The van der Waals surface area contributed by atoms with E-state index in [0.29, 0.717) is 40.4 Å². The molecular formula is C31H26N2O5S. The van der Waals surface area contributed by atoms with Crippen LogP contribution in [0.25, 0.3) is 16.8 Å². The van der Waals surface area contributed by atoms with Gasteiger partial charge in [0, 0.05) is 6.54 Å². The Labute approximate surface area is 230 Å². The third-order valence-electron chi connectivity index (χ3n) is 6.29. The van der Waals surface area contributed by atoms with Crippen LogP contribution in [0.4, 0.5) is 5.69 Å². The molecule has 4 aromatic carbocycles. The number of ether oxygens (including phenoxy) is 2. The second-order valence-corrected chi connectivity index (χ2v) is 9.75. The van der Waals surface area contributed by atoms with Crippen LogP contribution < -0.4 is 9.47 Å². The maximum absolute atomic E-state index is 13.1. The minimum absolute atomic E-state index is 0.140. The van der Waals surface area contributed by atoms with Crippen molar-refractivity contribution in [1.29, 1.82) is 0 Å². The average molecular weight is 539 g/mol. The van der Waals surface area contributed by atoms with E-state index in [9.17, 15) is 9.59 Å². The Kier molecular flexibility index (Phi) is 7.65. The lowest BCUT2D eigenvalue weighted by molar-refractivity contribution is -0.122. The molecule has 0 saturated carbocycles. The Morgan fingerprint density at radius 1 is 1.00 bits per heavy atom. The first-order chi connectivity index (χ1) is 19.0. The van der Waals surface area contributed by atoms with Crippen molar-refractivity contribution >= 4 is 51.3 Å². The number of fused-ring (bicyclic) bond motifs is 1. The number of amides is 1. The maximum Gasteiger partial charge on any atom is 0.335 e. The second-order valence-electron chi connectivity index (χ2n) is 8.74. The van der Waals surface area contributed by atoms with Crippen molar-refractivity contribution in [2.75, 3.05) is 13.7 Å². The van der Waals surface area contributed by atoms with Crippen LogP contribution in [0, 0.1) is 0 Å². The zero-order chi connectivity index (χ0) is 27.4. The normalized spacial score (nSPS) is 15.3. The van der Waals surface area contributed by atoms with Gasteiger partial charge in [0.05, 0.1) is 23.3 Å². The van der Waals surface area contributed by atoms with E-state index in [0.717, 1.165) is 21.9 Å². The third kappa shape index (κ3) is 5.66. The quantitative estimate of drug-likeness (QED) is 0.250. The lowest BCUT2D eigenvalue weighted by Crippen LogP contribution is -2.28. The number of rotatable bonds is 8. The summed E-state index contributed by atoms with van der Waals surface area (Å²) in [7, 11) is 1.59. The monoisotopic (exact) mass is 538 g/mol. The molecule has 0 unspecified atom stereocenters. The van der Waals surface area contributed by atoms with Crippen LogP contribution in [0.15, 0.2) is 94.8 Å². The van der Waals surface area contributed by atoms with Gasteiger partial charge in [-0.2, -0.15) is 0 Å². The molecule has 1 aliphatic heterocycles. The summed E-state index contributed by atoms with van der Waals surface area (Å²) >= 11 is 1.28. The van der Waals surface area contributed by atoms with Crippen molar-refractivity contribution in [1.82, 2.24) is 4.90 Å². The molecule has 1 saturated heterocycles. The summed E-state index contributed by atoms with van der Waals surface area (Å²) in [5.74, 6) is 0.0408. The Morgan fingerprint density at radius 3 is 2.51 bits per heavy atom. The molecule has 0 atom stereocenters. The summed E-state index contributed by atoms with van der Waals surface area (Å²) < 4.78 is 11.7. The smallest absolute Gasteiger partial charge is 0.335 e. The Bertz CT molecular complexity index is 1610. The molecule has 5 rings (SSSR count). The summed E-state index contributed by atoms with van der Waals surface area (Å²) in [6.07, 6.45) is 1.81. The van der Waals surface area contributed by atoms with Crippen LogP contribution in [0.5, 0.6) is 11.5 Å². The molecule has 0 bridgehead atoms. The van der Waals surface area contributed by atoms with Crippen molar-refractivity contribution in [3.05, 3.63) is 107 Å². The van der Waals surface area contributed by atoms with E-state index < -0.39 is 5.97 Å². The summed E-state index contributed by atoms with van der Waals surface area (Å²) in [6, 6.07) is 26.1. The Morgan fingerprint density at radius 2 is 1.77 bits per heavy atom. The number of hydrogen-bond donors (Lipinski definition) is 1. The number of carboxylic acids is 1. The summed E-state index contributed by atoms with van der Waals surface area (Å²) in [4.78, 5) is 30.9. The molecule has 0 aromatic heterocycles. The topological polar surface area (TPSA) is 88.4 Å². The van der Waals surface area contributed by atoms with Crippen molar-refractivity contribution in [3.8, 4) is 11.5 Å². The molecule has 7 nitrogen and oxygen atoms in total. The molecule has 1 fully saturated rings. The van der Waals surface area contributed by atoms with Crippen molar-refractivity contribution in [3.63, 3.8) is 0 Å². The van der Waals surface area contributed by atoms with Crippen LogP contribution in [-0.2, 0) is 11.4 Å². The molecule has 0 spiro atoms. The fraction of sp³-hybridized carbons (Fsp3) is 0.129. The van der Waals surface area contributed by atoms with Gasteiger partial charge in [-0.15, -0.1) is 0 Å². The fourth-order valence-electron chi connectivity index (χ4n) is 4.28. The molecule has 8 heteroatoms. The van der Waals surface area contributed by atoms with Crippen molar-refractivity contribution in [2.45, 2.75) is 13.5 Å². The number of aromatic carboxylic acids is 1. The number of carbonyl (C=O) groups excluding carboxylic acids is 1. The van der Waals surface area contributed by atoms with Crippen molar-refractivity contribution in [2.24, 2.45) is 4.99 Å². The van der Waals surface area contributed by atoms with Crippen molar-refractivity contribution < 1.29 is 24.2 Å². The van der Waals surface area contributed by atoms with Gasteiger partial charge in [0.25, 0.3) is 5.91 Å². The number of carboxylic acid groups (broad SMARTS) is 1. The lowest BCUT2D eigenvalue weighted by Gasteiger charge is -2.13. The van der Waals surface area contributed by atoms with E-state index in [2.05, 4.69) is 29.3 Å². The van der Waals surface area contributed by atoms with Gasteiger partial charge >= 0.3 is 5.97 Å². The Hall–Kier alpha value is -4.56. The van der Waals surface area contributed by atoms with E-state index in [1.165, 1.54) is 23.9 Å². The maximum atomic E-state index is 13.1. The summed E-state index contributed by atoms with van der Waals surface area (Å²) in [5, 5.41) is 12.0. The number of likely N-dealkylation sites (N-methyl/N-ethyl adjacent to an activating group) is 1. The molecule has 0 radical (unpaired) electrons. The number of benzene rings is 4. The standard InChI is InChI=1S/C31H26N2O5S/c1-3-33-29(34)28(39-31(33)32-24-14-12-22(13-15-24)30(35)36)18-20-11-16-26(27(17-20)37-2)38-19-23-9-6-8-21-7-4-5-10-25(21)23/h4-18H,3,19H2,1-2H3,(H,35,36)/b28-18+,32-31?. The van der Waals surface area contributed by atoms with Gasteiger partial charge in [0.1, 0.15) is 6.61 Å². The predicted molar refractivity (Wildman–Crippen MR) is 155 cm³/mol. The molecule has 39 heavy (non-hydrogen) atoms. The number of aliphatic imine (C=N–C) groups is 1. The van der Waals surface area contributed by atoms with E-state index in [1.54, 1.807) is 24.1 Å². The molecule has 1 aliphatic rings. The minimum Gasteiger partial charge on any atom is -0.493 e. The SMILES string of the molecule is CCN1C(=O)/C(=C\c2ccc(OCc3cccc4ccccc34)c(OC)c2)SC1=Nc1ccc(C(=O)O)cc1.